The van der Waals surface area contributed by atoms with Gasteiger partial charge in [-0.3, -0.25) is 4.79 Å². The fourth-order valence-electron chi connectivity index (χ4n) is 1.18. The normalized spacial score (nSPS) is 9.73. The zero-order valence-electron chi connectivity index (χ0n) is 9.88. The molecule has 0 aliphatic carbocycles. The van der Waals surface area contributed by atoms with Crippen LogP contribution in [0.2, 0.25) is 0 Å². The van der Waals surface area contributed by atoms with E-state index in [1.807, 2.05) is 0 Å². The first-order chi connectivity index (χ1) is 7.13. The molecule has 1 N–H and O–H groups in total. The third-order valence-electron chi connectivity index (χ3n) is 2.08. The van der Waals surface area contributed by atoms with E-state index < -0.39 is 0 Å². The number of nitrogens with zero attached hydrogens (tertiary/aromatic N) is 1. The molecule has 15 heavy (non-hydrogen) atoms. The lowest BCUT2D eigenvalue weighted by Crippen LogP contribution is -2.39. The summed E-state index contributed by atoms with van der Waals surface area (Å²) in [6, 6.07) is 0. The summed E-state index contributed by atoms with van der Waals surface area (Å²) in [5.41, 5.74) is 3.52. The van der Waals surface area contributed by atoms with E-state index in [0.717, 1.165) is 13.0 Å². The second-order valence-corrected chi connectivity index (χ2v) is 3.61. The van der Waals surface area contributed by atoms with Gasteiger partial charge in [0.15, 0.2) is 0 Å². The first kappa shape index (κ1) is 13.9. The average Bonchev–Trinajstić information content (AvgIpc) is 2.22. The van der Waals surface area contributed by atoms with Gasteiger partial charge in [-0.05, 0) is 13.3 Å². The predicted octanol–water partition coefficient (Wildman–Crippen LogP) is 2.62. The van der Waals surface area contributed by atoms with Crippen LogP contribution in [0.15, 0.2) is 24.9 Å². The van der Waals surface area contributed by atoms with E-state index in [1.165, 1.54) is 30.5 Å². The van der Waals surface area contributed by atoms with Crippen molar-refractivity contribution in [3.63, 3.8) is 0 Å². The highest BCUT2D eigenvalue weighted by molar-refractivity contribution is 5.92. The summed E-state index contributed by atoms with van der Waals surface area (Å²) >= 11 is 0. The Labute approximate surface area is 92.8 Å². The van der Waals surface area contributed by atoms with Crippen molar-refractivity contribution in [2.24, 2.45) is 0 Å². The maximum atomic E-state index is 11.5. The summed E-state index contributed by atoms with van der Waals surface area (Å²) in [5.74, 6) is -0.125. The molecule has 0 aromatic heterocycles. The van der Waals surface area contributed by atoms with Gasteiger partial charge < -0.3 is 0 Å². The van der Waals surface area contributed by atoms with Crippen molar-refractivity contribution in [1.29, 1.82) is 0 Å². The molecule has 0 rings (SSSR count). The van der Waals surface area contributed by atoms with Gasteiger partial charge in [-0.2, -0.15) is 0 Å². The first-order valence-corrected chi connectivity index (χ1v) is 5.48. The smallest absolute Gasteiger partial charge is 0.267 e. The molecule has 3 nitrogen and oxygen atoms in total. The van der Waals surface area contributed by atoms with Crippen LogP contribution in [0.5, 0.6) is 0 Å². The molecule has 0 heterocycles. The van der Waals surface area contributed by atoms with Crippen LogP contribution in [0, 0.1) is 0 Å². The summed E-state index contributed by atoms with van der Waals surface area (Å²) in [6.07, 6.45) is 6.20. The van der Waals surface area contributed by atoms with Gasteiger partial charge in [-0.15, -0.1) is 0 Å². The van der Waals surface area contributed by atoms with Crippen LogP contribution in [-0.2, 0) is 4.79 Å². The maximum absolute atomic E-state index is 11.5. The van der Waals surface area contributed by atoms with E-state index in [1.54, 1.807) is 6.92 Å². The summed E-state index contributed by atoms with van der Waals surface area (Å²) in [5, 5.41) is 1.40. The molecule has 0 unspecified atom stereocenters. The second kappa shape index (κ2) is 8.24. The van der Waals surface area contributed by atoms with Crippen LogP contribution >= 0.6 is 0 Å². The van der Waals surface area contributed by atoms with Gasteiger partial charge in [0, 0.05) is 18.3 Å². The van der Waals surface area contributed by atoms with Crippen LogP contribution < -0.4 is 5.43 Å². The highest BCUT2D eigenvalue weighted by Gasteiger charge is 2.09. The van der Waals surface area contributed by atoms with Crippen LogP contribution in [-0.4, -0.2) is 17.5 Å². The summed E-state index contributed by atoms with van der Waals surface area (Å²) in [4.78, 5) is 11.5. The minimum absolute atomic E-state index is 0.125. The van der Waals surface area contributed by atoms with Crippen molar-refractivity contribution >= 4 is 5.91 Å². The fraction of sp³-hybridized carbons (Fsp3) is 0.583. The van der Waals surface area contributed by atoms with Crippen molar-refractivity contribution in [3.8, 4) is 0 Å². The second-order valence-electron chi connectivity index (χ2n) is 3.61. The molecule has 0 bridgehead atoms. The lowest BCUT2D eigenvalue weighted by atomic mass is 10.2. The lowest BCUT2D eigenvalue weighted by molar-refractivity contribution is -0.127. The molecule has 86 valence electrons. The van der Waals surface area contributed by atoms with Gasteiger partial charge in [0.25, 0.3) is 5.91 Å². The predicted molar refractivity (Wildman–Crippen MR) is 64.0 cm³/mol. The Morgan fingerprint density at radius 3 is 2.53 bits per heavy atom. The fourth-order valence-corrected chi connectivity index (χ4v) is 1.18. The Morgan fingerprint density at radius 2 is 2.07 bits per heavy atom. The topological polar surface area (TPSA) is 32.3 Å². The Kier molecular flexibility index (Phi) is 7.64. The van der Waals surface area contributed by atoms with Gasteiger partial charge in [-0.1, -0.05) is 39.3 Å². The summed E-state index contributed by atoms with van der Waals surface area (Å²) < 4.78 is 0. The number of rotatable bonds is 8. The largest absolute Gasteiger partial charge is 0.268 e. The number of hydrogen-bond donors (Lipinski definition) is 1. The minimum Gasteiger partial charge on any atom is -0.268 e. The molecule has 0 aliphatic heterocycles. The number of carbonyl (C=O) groups is 1. The molecular weight excluding hydrogens is 188 g/mol. The highest BCUT2D eigenvalue weighted by atomic mass is 16.2. The number of hydrazine groups is 1. The summed E-state index contributed by atoms with van der Waals surface area (Å²) in [7, 11) is 0. The number of unbranched alkanes of at least 4 members (excludes halogenated alkanes) is 3. The Bertz CT molecular complexity index is 224. The van der Waals surface area contributed by atoms with Crippen LogP contribution in [0.3, 0.4) is 0 Å². The van der Waals surface area contributed by atoms with E-state index in [9.17, 15) is 4.79 Å². The van der Waals surface area contributed by atoms with E-state index in [0.29, 0.717) is 5.57 Å². The molecule has 0 fully saturated rings. The maximum Gasteiger partial charge on any atom is 0.267 e. The third-order valence-corrected chi connectivity index (χ3v) is 2.08. The highest BCUT2D eigenvalue weighted by Crippen LogP contribution is 1.99. The first-order valence-electron chi connectivity index (χ1n) is 5.48. The van der Waals surface area contributed by atoms with Crippen molar-refractivity contribution < 1.29 is 4.79 Å². The van der Waals surface area contributed by atoms with Gasteiger partial charge in [0.2, 0.25) is 0 Å². The molecule has 0 aliphatic rings. The number of amides is 1. The van der Waals surface area contributed by atoms with Crippen LogP contribution in [0.1, 0.15) is 39.5 Å². The third kappa shape index (κ3) is 6.07. The monoisotopic (exact) mass is 210 g/mol. The van der Waals surface area contributed by atoms with Gasteiger partial charge in [0.1, 0.15) is 0 Å². The minimum atomic E-state index is -0.125. The molecule has 0 radical (unpaired) electrons. The Balaban J connectivity index is 3.76. The standard InChI is InChI=1S/C12H22N2O/c1-5-7-8-9-10-13-14(6-2)12(15)11(3)4/h6,13H,2-3,5,7-10H2,1,4H3. The molecular formula is C12H22N2O. The van der Waals surface area contributed by atoms with Gasteiger partial charge in [0.05, 0.1) is 0 Å². The van der Waals surface area contributed by atoms with Crippen LogP contribution in [0.25, 0.3) is 0 Å². The van der Waals surface area contributed by atoms with Gasteiger partial charge >= 0.3 is 0 Å². The van der Waals surface area contributed by atoms with E-state index >= 15 is 0 Å². The zero-order valence-corrected chi connectivity index (χ0v) is 9.88. The van der Waals surface area contributed by atoms with Crippen molar-refractivity contribution in [2.75, 3.05) is 6.54 Å². The SMILES string of the molecule is C=CN(NCCCCCC)C(=O)C(=C)C. The average molecular weight is 210 g/mol. The molecule has 3 heteroatoms. The number of nitrogens with one attached hydrogen (secondary N) is 1. The quantitative estimate of drug-likeness (QED) is 0.379. The zero-order chi connectivity index (χ0) is 11.7. The molecule has 0 aromatic carbocycles. The van der Waals surface area contributed by atoms with E-state index in [2.05, 4.69) is 25.5 Å². The molecule has 0 spiro atoms. The molecule has 0 aromatic rings. The van der Waals surface area contributed by atoms with Crippen molar-refractivity contribution in [2.45, 2.75) is 39.5 Å². The Morgan fingerprint density at radius 1 is 1.40 bits per heavy atom. The summed E-state index contributed by atoms with van der Waals surface area (Å²) in [6.45, 7) is 11.8. The molecule has 0 saturated heterocycles. The molecule has 0 atom stereocenters. The van der Waals surface area contributed by atoms with E-state index in [4.69, 9.17) is 0 Å². The van der Waals surface area contributed by atoms with Crippen LogP contribution in [0.4, 0.5) is 0 Å². The van der Waals surface area contributed by atoms with E-state index in [-0.39, 0.29) is 5.91 Å². The number of carbonyl (C=O) groups excluding carboxylic acids is 1. The lowest BCUT2D eigenvalue weighted by Gasteiger charge is -2.18. The Hall–Kier alpha value is -1.09. The molecule has 0 saturated carbocycles. The number of hydrogen-bond acceptors (Lipinski definition) is 2. The molecule has 1 amide bonds. The van der Waals surface area contributed by atoms with Crippen molar-refractivity contribution in [3.05, 3.63) is 24.9 Å². The van der Waals surface area contributed by atoms with Gasteiger partial charge in [-0.25, -0.2) is 10.4 Å². The van der Waals surface area contributed by atoms with Crippen molar-refractivity contribution in [1.82, 2.24) is 10.4 Å².